The van der Waals surface area contributed by atoms with Crippen molar-refractivity contribution in [3.05, 3.63) is 0 Å². The Morgan fingerprint density at radius 3 is 2.75 bits per heavy atom. The lowest BCUT2D eigenvalue weighted by Gasteiger charge is -1.98. The maximum atomic E-state index is 9.80. The first-order chi connectivity index (χ1) is 3.81. The van der Waals surface area contributed by atoms with Crippen LogP contribution in [0.15, 0.2) is 0 Å². The Labute approximate surface area is 48.5 Å². The van der Waals surface area contributed by atoms with Crippen molar-refractivity contribution in [2.75, 3.05) is 6.61 Å². The molecule has 0 aliphatic heterocycles. The zero-order valence-electron chi connectivity index (χ0n) is 4.71. The summed E-state index contributed by atoms with van der Waals surface area (Å²) in [5, 5.41) is 8.24. The molecule has 48 valence electrons. The Balaban J connectivity index is 2.98. The van der Waals surface area contributed by atoms with Gasteiger partial charge in [-0.05, 0) is 12.8 Å². The predicted molar refractivity (Wildman–Crippen MR) is 30.4 cm³/mol. The van der Waals surface area contributed by atoms with E-state index in [9.17, 15) is 4.79 Å². The lowest BCUT2D eigenvalue weighted by Crippen LogP contribution is -2.21. The lowest BCUT2D eigenvalue weighted by atomic mass is 10.2. The fourth-order valence-electron chi connectivity index (χ4n) is 0.395. The van der Waals surface area contributed by atoms with Gasteiger partial charge in [-0.3, -0.25) is 0 Å². The summed E-state index contributed by atoms with van der Waals surface area (Å²) in [6.07, 6.45) is 1.88. The minimum Gasteiger partial charge on any atom is -0.396 e. The van der Waals surface area contributed by atoms with Gasteiger partial charge in [0.15, 0.2) is 0 Å². The summed E-state index contributed by atoms with van der Waals surface area (Å²) in [6.45, 7) is 0.113. The SMILES string of the molecule is NC(C=O)CCCO. The van der Waals surface area contributed by atoms with Gasteiger partial charge in [-0.2, -0.15) is 0 Å². The van der Waals surface area contributed by atoms with E-state index < -0.39 is 0 Å². The molecule has 0 saturated heterocycles. The van der Waals surface area contributed by atoms with Crippen molar-refractivity contribution in [1.82, 2.24) is 0 Å². The molecule has 0 rings (SSSR count). The van der Waals surface area contributed by atoms with E-state index >= 15 is 0 Å². The molecule has 8 heavy (non-hydrogen) atoms. The molecule has 0 aliphatic rings. The van der Waals surface area contributed by atoms with E-state index in [0.717, 1.165) is 0 Å². The van der Waals surface area contributed by atoms with Crippen molar-refractivity contribution in [1.29, 1.82) is 0 Å². The largest absolute Gasteiger partial charge is 0.396 e. The van der Waals surface area contributed by atoms with Gasteiger partial charge in [0.25, 0.3) is 0 Å². The van der Waals surface area contributed by atoms with Gasteiger partial charge in [-0.1, -0.05) is 0 Å². The molecular weight excluding hydrogens is 106 g/mol. The highest BCUT2D eigenvalue weighted by Crippen LogP contribution is 1.88. The number of aliphatic hydroxyl groups excluding tert-OH is 1. The highest BCUT2D eigenvalue weighted by molar-refractivity contribution is 5.56. The van der Waals surface area contributed by atoms with Crippen LogP contribution >= 0.6 is 0 Å². The smallest absolute Gasteiger partial charge is 0.136 e. The lowest BCUT2D eigenvalue weighted by molar-refractivity contribution is -0.109. The maximum absolute atomic E-state index is 9.80. The number of rotatable bonds is 4. The van der Waals surface area contributed by atoms with E-state index in [4.69, 9.17) is 10.8 Å². The van der Waals surface area contributed by atoms with E-state index in [2.05, 4.69) is 0 Å². The fraction of sp³-hybridized carbons (Fsp3) is 0.800. The molecule has 3 nitrogen and oxygen atoms in total. The highest BCUT2D eigenvalue weighted by Gasteiger charge is 1.96. The minimum atomic E-state index is -0.387. The Hall–Kier alpha value is -0.410. The average Bonchev–Trinajstić information content (AvgIpc) is 1.83. The Morgan fingerprint density at radius 1 is 1.75 bits per heavy atom. The molecule has 3 heteroatoms. The number of aliphatic hydroxyl groups is 1. The number of hydrogen-bond acceptors (Lipinski definition) is 3. The summed E-state index contributed by atoms with van der Waals surface area (Å²) in [5.41, 5.74) is 5.18. The number of carbonyl (C=O) groups is 1. The van der Waals surface area contributed by atoms with Crippen LogP contribution in [0.25, 0.3) is 0 Å². The highest BCUT2D eigenvalue weighted by atomic mass is 16.2. The second-order valence-corrected chi connectivity index (χ2v) is 1.67. The van der Waals surface area contributed by atoms with Gasteiger partial charge in [0, 0.05) is 6.61 Å². The molecular formula is C5H11NO2. The topological polar surface area (TPSA) is 63.3 Å². The summed E-state index contributed by atoms with van der Waals surface area (Å²) >= 11 is 0. The summed E-state index contributed by atoms with van der Waals surface area (Å²) in [5.74, 6) is 0. The molecule has 0 spiro atoms. The van der Waals surface area contributed by atoms with Crippen molar-refractivity contribution in [3.63, 3.8) is 0 Å². The predicted octanol–water partition coefficient (Wildman–Crippen LogP) is -0.715. The van der Waals surface area contributed by atoms with Crippen LogP contribution in [0.1, 0.15) is 12.8 Å². The van der Waals surface area contributed by atoms with E-state index in [0.29, 0.717) is 19.1 Å². The third-order valence-corrected chi connectivity index (χ3v) is 0.870. The first-order valence-corrected chi connectivity index (χ1v) is 2.63. The van der Waals surface area contributed by atoms with E-state index in [1.165, 1.54) is 0 Å². The molecule has 0 heterocycles. The summed E-state index contributed by atoms with van der Waals surface area (Å²) in [7, 11) is 0. The first kappa shape index (κ1) is 7.59. The Kier molecular flexibility index (Phi) is 4.50. The van der Waals surface area contributed by atoms with E-state index in [1.54, 1.807) is 0 Å². The van der Waals surface area contributed by atoms with Gasteiger partial charge in [0.05, 0.1) is 6.04 Å². The minimum absolute atomic E-state index is 0.113. The van der Waals surface area contributed by atoms with Crippen LogP contribution in [0.5, 0.6) is 0 Å². The normalized spacial score (nSPS) is 13.2. The molecule has 0 radical (unpaired) electrons. The maximum Gasteiger partial charge on any atom is 0.136 e. The molecule has 0 saturated carbocycles. The number of aldehydes is 1. The van der Waals surface area contributed by atoms with Crippen LogP contribution in [-0.4, -0.2) is 24.0 Å². The Morgan fingerprint density at radius 2 is 2.38 bits per heavy atom. The third-order valence-electron chi connectivity index (χ3n) is 0.870. The summed E-state index contributed by atoms with van der Waals surface area (Å²) in [4.78, 5) is 9.80. The molecule has 0 fully saturated rings. The fourth-order valence-corrected chi connectivity index (χ4v) is 0.395. The van der Waals surface area contributed by atoms with Gasteiger partial charge >= 0.3 is 0 Å². The Bertz CT molecular complexity index is 65.4. The molecule has 0 amide bonds. The van der Waals surface area contributed by atoms with Crippen LogP contribution in [-0.2, 0) is 4.79 Å². The molecule has 0 aromatic rings. The van der Waals surface area contributed by atoms with Crippen molar-refractivity contribution in [2.45, 2.75) is 18.9 Å². The van der Waals surface area contributed by atoms with E-state index in [-0.39, 0.29) is 12.6 Å². The van der Waals surface area contributed by atoms with Gasteiger partial charge in [0.2, 0.25) is 0 Å². The van der Waals surface area contributed by atoms with Crippen LogP contribution in [0.4, 0.5) is 0 Å². The number of carbonyl (C=O) groups excluding carboxylic acids is 1. The van der Waals surface area contributed by atoms with Gasteiger partial charge < -0.3 is 15.6 Å². The van der Waals surface area contributed by atoms with Gasteiger partial charge in [-0.25, -0.2) is 0 Å². The van der Waals surface area contributed by atoms with Crippen LogP contribution in [0, 0.1) is 0 Å². The molecule has 1 atom stereocenters. The quantitative estimate of drug-likeness (QED) is 0.478. The molecule has 0 aromatic heterocycles. The number of nitrogens with two attached hydrogens (primary N) is 1. The molecule has 0 aromatic carbocycles. The van der Waals surface area contributed by atoms with Crippen LogP contribution < -0.4 is 5.73 Å². The van der Waals surface area contributed by atoms with Gasteiger partial charge in [0.1, 0.15) is 6.29 Å². The van der Waals surface area contributed by atoms with Crippen molar-refractivity contribution in [2.24, 2.45) is 5.73 Å². The zero-order chi connectivity index (χ0) is 6.41. The van der Waals surface area contributed by atoms with Crippen molar-refractivity contribution < 1.29 is 9.90 Å². The third kappa shape index (κ3) is 3.77. The second kappa shape index (κ2) is 4.74. The van der Waals surface area contributed by atoms with Crippen molar-refractivity contribution >= 4 is 6.29 Å². The molecule has 1 unspecified atom stereocenters. The number of hydrogen-bond donors (Lipinski definition) is 2. The van der Waals surface area contributed by atoms with Crippen LogP contribution in [0.2, 0.25) is 0 Å². The van der Waals surface area contributed by atoms with Crippen molar-refractivity contribution in [3.8, 4) is 0 Å². The average molecular weight is 117 g/mol. The zero-order valence-corrected chi connectivity index (χ0v) is 4.71. The second-order valence-electron chi connectivity index (χ2n) is 1.67. The molecule has 0 bridgehead atoms. The molecule has 0 aliphatic carbocycles. The van der Waals surface area contributed by atoms with E-state index in [1.807, 2.05) is 0 Å². The summed E-state index contributed by atoms with van der Waals surface area (Å²) < 4.78 is 0. The van der Waals surface area contributed by atoms with Crippen LogP contribution in [0.3, 0.4) is 0 Å². The monoisotopic (exact) mass is 117 g/mol. The summed E-state index contributed by atoms with van der Waals surface area (Å²) in [6, 6.07) is -0.387. The molecule has 3 N–H and O–H groups in total. The van der Waals surface area contributed by atoms with Gasteiger partial charge in [-0.15, -0.1) is 0 Å². The standard InChI is InChI=1S/C5H11NO2/c6-5(4-8)2-1-3-7/h4-5,7H,1-3,6H2. The first-order valence-electron chi connectivity index (χ1n) is 2.63.